The van der Waals surface area contributed by atoms with E-state index in [4.69, 9.17) is 4.98 Å². The molecule has 0 aliphatic carbocycles. The molecule has 0 unspecified atom stereocenters. The van der Waals surface area contributed by atoms with Crippen LogP contribution in [0.25, 0.3) is 16.6 Å². The Morgan fingerprint density at radius 1 is 0.958 bits per heavy atom. The predicted molar refractivity (Wildman–Crippen MR) is 96.3 cm³/mol. The standard InChI is InChI=1S/C19H19N5/c1-2-12-20-18-17(13-14-8-4-3-5-9-14)21-19-15-10-6-7-11-16(15)22-24(19)23-18/h3-11H,2,12-13H2,1H3,(H,20,23). The highest BCUT2D eigenvalue weighted by Crippen LogP contribution is 2.21. The molecule has 0 radical (unpaired) electrons. The van der Waals surface area contributed by atoms with E-state index < -0.39 is 0 Å². The van der Waals surface area contributed by atoms with E-state index in [-0.39, 0.29) is 0 Å². The molecule has 0 aliphatic heterocycles. The SMILES string of the molecule is CCCNc1nn2nc3ccccc3c2nc1Cc1ccccc1. The number of fused-ring (bicyclic) bond motifs is 3. The molecule has 2 aromatic carbocycles. The third-order valence-corrected chi connectivity index (χ3v) is 4.00. The van der Waals surface area contributed by atoms with Crippen molar-refractivity contribution in [1.82, 2.24) is 19.8 Å². The van der Waals surface area contributed by atoms with Crippen molar-refractivity contribution in [3.8, 4) is 0 Å². The van der Waals surface area contributed by atoms with Gasteiger partial charge in [-0.3, -0.25) is 0 Å². The van der Waals surface area contributed by atoms with E-state index >= 15 is 0 Å². The van der Waals surface area contributed by atoms with Gasteiger partial charge in [0.25, 0.3) is 0 Å². The van der Waals surface area contributed by atoms with Gasteiger partial charge in [-0.25, -0.2) is 4.98 Å². The summed E-state index contributed by atoms with van der Waals surface area (Å²) in [4.78, 5) is 4.89. The molecule has 0 spiro atoms. The van der Waals surface area contributed by atoms with Crippen molar-refractivity contribution in [2.75, 3.05) is 11.9 Å². The summed E-state index contributed by atoms with van der Waals surface area (Å²) in [6.07, 6.45) is 1.78. The molecule has 0 aliphatic rings. The van der Waals surface area contributed by atoms with Crippen molar-refractivity contribution >= 4 is 22.4 Å². The van der Waals surface area contributed by atoms with Crippen molar-refractivity contribution in [1.29, 1.82) is 0 Å². The van der Waals surface area contributed by atoms with Gasteiger partial charge in [-0.1, -0.05) is 49.4 Å². The summed E-state index contributed by atoms with van der Waals surface area (Å²) in [6, 6.07) is 18.4. The second kappa shape index (κ2) is 6.28. The van der Waals surface area contributed by atoms with Gasteiger partial charge in [0.15, 0.2) is 11.5 Å². The Morgan fingerprint density at radius 2 is 1.75 bits per heavy atom. The minimum absolute atomic E-state index is 0.746. The lowest BCUT2D eigenvalue weighted by atomic mass is 10.1. The first-order valence-corrected chi connectivity index (χ1v) is 8.27. The van der Waals surface area contributed by atoms with Crippen molar-refractivity contribution < 1.29 is 0 Å². The summed E-state index contributed by atoms with van der Waals surface area (Å²) in [5.41, 5.74) is 3.89. The van der Waals surface area contributed by atoms with Crippen LogP contribution in [0.3, 0.4) is 0 Å². The van der Waals surface area contributed by atoms with Crippen LogP contribution >= 0.6 is 0 Å². The number of benzene rings is 2. The van der Waals surface area contributed by atoms with Crippen LogP contribution in [0.5, 0.6) is 0 Å². The molecule has 1 N–H and O–H groups in total. The van der Waals surface area contributed by atoms with E-state index in [1.807, 2.05) is 30.3 Å². The van der Waals surface area contributed by atoms with Gasteiger partial charge in [0, 0.05) is 18.4 Å². The van der Waals surface area contributed by atoms with Gasteiger partial charge in [0.1, 0.15) is 0 Å². The van der Waals surface area contributed by atoms with Gasteiger partial charge in [-0.15, -0.1) is 14.8 Å². The lowest BCUT2D eigenvalue weighted by molar-refractivity contribution is 0.777. The number of rotatable bonds is 5. The Hall–Kier alpha value is -2.95. The van der Waals surface area contributed by atoms with Gasteiger partial charge in [-0.05, 0) is 24.1 Å². The predicted octanol–water partition coefficient (Wildman–Crippen LogP) is 3.69. The number of hydrogen-bond acceptors (Lipinski definition) is 4. The van der Waals surface area contributed by atoms with Crippen LogP contribution in [0.1, 0.15) is 24.6 Å². The first kappa shape index (κ1) is 14.6. The van der Waals surface area contributed by atoms with Gasteiger partial charge >= 0.3 is 0 Å². The molecule has 0 bridgehead atoms. The molecule has 2 aromatic heterocycles. The summed E-state index contributed by atoms with van der Waals surface area (Å²) >= 11 is 0. The molecule has 4 aromatic rings. The number of hydrogen-bond donors (Lipinski definition) is 1. The van der Waals surface area contributed by atoms with Gasteiger partial charge in [0.05, 0.1) is 11.2 Å². The van der Waals surface area contributed by atoms with Crippen LogP contribution in [-0.4, -0.2) is 26.4 Å². The minimum Gasteiger partial charge on any atom is -0.367 e. The lowest BCUT2D eigenvalue weighted by Crippen LogP contribution is -2.11. The average Bonchev–Trinajstić information content (AvgIpc) is 2.98. The van der Waals surface area contributed by atoms with Crippen LogP contribution in [0.4, 0.5) is 5.82 Å². The van der Waals surface area contributed by atoms with E-state index in [1.165, 1.54) is 5.56 Å². The summed E-state index contributed by atoms with van der Waals surface area (Å²) in [5.74, 6) is 0.806. The Kier molecular flexibility index (Phi) is 3.83. The molecule has 5 heteroatoms. The van der Waals surface area contributed by atoms with Gasteiger partial charge in [-0.2, -0.15) is 0 Å². The molecule has 2 heterocycles. The Balaban J connectivity index is 1.85. The molecule has 5 nitrogen and oxygen atoms in total. The Labute approximate surface area is 140 Å². The summed E-state index contributed by atoms with van der Waals surface area (Å²) in [5, 5.41) is 13.6. The maximum Gasteiger partial charge on any atom is 0.184 e. The normalized spacial score (nSPS) is 11.2. The zero-order valence-corrected chi connectivity index (χ0v) is 13.6. The fraction of sp³-hybridized carbons (Fsp3) is 0.211. The molecule has 0 atom stereocenters. The maximum absolute atomic E-state index is 4.89. The molecule has 0 fully saturated rings. The lowest BCUT2D eigenvalue weighted by Gasteiger charge is -2.10. The quantitative estimate of drug-likeness (QED) is 0.610. The zero-order chi connectivity index (χ0) is 16.4. The monoisotopic (exact) mass is 317 g/mol. The fourth-order valence-corrected chi connectivity index (χ4v) is 2.81. The molecule has 0 saturated carbocycles. The maximum atomic E-state index is 4.89. The number of nitrogens with one attached hydrogen (secondary N) is 1. The number of nitrogens with zero attached hydrogens (tertiary/aromatic N) is 4. The molecule has 0 amide bonds. The summed E-state index contributed by atoms with van der Waals surface area (Å²) < 4.78 is 1.64. The topological polar surface area (TPSA) is 55.1 Å². The highest BCUT2D eigenvalue weighted by Gasteiger charge is 2.13. The molecule has 120 valence electrons. The van der Waals surface area contributed by atoms with Crippen molar-refractivity contribution in [3.63, 3.8) is 0 Å². The molecular formula is C19H19N5. The molecule has 0 saturated heterocycles. The van der Waals surface area contributed by atoms with Crippen LogP contribution in [0.2, 0.25) is 0 Å². The number of anilines is 1. The van der Waals surface area contributed by atoms with Crippen molar-refractivity contribution in [3.05, 3.63) is 65.9 Å². The second-order valence-corrected chi connectivity index (χ2v) is 5.83. The van der Waals surface area contributed by atoms with Gasteiger partial charge in [0.2, 0.25) is 0 Å². The Morgan fingerprint density at radius 3 is 2.58 bits per heavy atom. The largest absolute Gasteiger partial charge is 0.367 e. The van der Waals surface area contributed by atoms with Crippen LogP contribution in [-0.2, 0) is 6.42 Å². The van der Waals surface area contributed by atoms with E-state index in [2.05, 4.69) is 46.7 Å². The first-order valence-electron chi connectivity index (χ1n) is 8.27. The van der Waals surface area contributed by atoms with Gasteiger partial charge < -0.3 is 5.32 Å². The second-order valence-electron chi connectivity index (χ2n) is 5.83. The fourth-order valence-electron chi connectivity index (χ4n) is 2.81. The first-order chi connectivity index (χ1) is 11.8. The zero-order valence-electron chi connectivity index (χ0n) is 13.6. The van der Waals surface area contributed by atoms with Crippen LogP contribution in [0, 0.1) is 0 Å². The molecular weight excluding hydrogens is 298 g/mol. The number of aromatic nitrogens is 4. The average molecular weight is 317 g/mol. The van der Waals surface area contributed by atoms with Crippen molar-refractivity contribution in [2.45, 2.75) is 19.8 Å². The summed E-state index contributed by atoms with van der Waals surface area (Å²) in [7, 11) is 0. The van der Waals surface area contributed by atoms with E-state index in [0.29, 0.717) is 0 Å². The third kappa shape index (κ3) is 2.69. The van der Waals surface area contributed by atoms with Crippen LogP contribution in [0.15, 0.2) is 54.6 Å². The smallest absolute Gasteiger partial charge is 0.184 e. The van der Waals surface area contributed by atoms with Crippen molar-refractivity contribution in [2.24, 2.45) is 0 Å². The Bertz CT molecular complexity index is 975. The highest BCUT2D eigenvalue weighted by atomic mass is 15.4. The third-order valence-electron chi connectivity index (χ3n) is 4.00. The highest BCUT2D eigenvalue weighted by molar-refractivity contribution is 5.91. The summed E-state index contributed by atoms with van der Waals surface area (Å²) in [6.45, 7) is 3.00. The molecule has 24 heavy (non-hydrogen) atoms. The van der Waals surface area contributed by atoms with E-state index in [1.54, 1.807) is 4.63 Å². The van der Waals surface area contributed by atoms with E-state index in [0.717, 1.165) is 47.4 Å². The molecule has 4 rings (SSSR count). The minimum atomic E-state index is 0.746. The van der Waals surface area contributed by atoms with Crippen LogP contribution < -0.4 is 5.32 Å². The van der Waals surface area contributed by atoms with E-state index in [9.17, 15) is 0 Å².